The number of rotatable bonds is 5. The summed E-state index contributed by atoms with van der Waals surface area (Å²) < 4.78 is 18.3. The van der Waals surface area contributed by atoms with Gasteiger partial charge in [-0.25, -0.2) is 14.4 Å². The molecule has 0 unspecified atom stereocenters. The smallest absolute Gasteiger partial charge is 0.276 e. The molecule has 0 aliphatic carbocycles. The second-order valence-electron chi connectivity index (χ2n) is 4.98. The maximum atomic E-state index is 12.8. The highest BCUT2D eigenvalue weighted by molar-refractivity contribution is 7.15. The van der Waals surface area contributed by atoms with Gasteiger partial charge in [-0.2, -0.15) is 0 Å². The van der Waals surface area contributed by atoms with Gasteiger partial charge in [0.1, 0.15) is 28.9 Å². The van der Waals surface area contributed by atoms with Crippen LogP contribution in [0.15, 0.2) is 29.6 Å². The van der Waals surface area contributed by atoms with Crippen LogP contribution in [0.4, 0.5) is 9.52 Å². The molecule has 2 aromatic heterocycles. The van der Waals surface area contributed by atoms with Gasteiger partial charge >= 0.3 is 0 Å². The zero-order chi connectivity index (χ0) is 17.1. The highest BCUT2D eigenvalue weighted by Crippen LogP contribution is 2.22. The Bertz CT molecular complexity index is 839. The summed E-state index contributed by atoms with van der Waals surface area (Å²) in [5.74, 6) is -0.0671. The molecule has 3 aromatic rings. The number of halogens is 1. The molecule has 5 nitrogen and oxygen atoms in total. The third-order valence-electron chi connectivity index (χ3n) is 3.21. The van der Waals surface area contributed by atoms with Gasteiger partial charge in [0, 0.05) is 10.3 Å². The van der Waals surface area contributed by atoms with Crippen LogP contribution in [0.25, 0.3) is 0 Å². The van der Waals surface area contributed by atoms with Crippen molar-refractivity contribution in [2.24, 2.45) is 0 Å². The van der Waals surface area contributed by atoms with Crippen molar-refractivity contribution in [1.82, 2.24) is 9.97 Å². The lowest BCUT2D eigenvalue weighted by Gasteiger charge is -2.03. The minimum Gasteiger partial charge on any atom is -0.486 e. The molecule has 0 saturated carbocycles. The van der Waals surface area contributed by atoms with Crippen LogP contribution in [0.1, 0.15) is 26.1 Å². The van der Waals surface area contributed by atoms with Crippen LogP contribution in [0, 0.1) is 19.7 Å². The van der Waals surface area contributed by atoms with Crippen molar-refractivity contribution in [2.45, 2.75) is 20.5 Å². The Labute approximate surface area is 146 Å². The predicted octanol–water partition coefficient (Wildman–Crippen LogP) is 4.19. The minimum absolute atomic E-state index is 0.221. The lowest BCUT2D eigenvalue weighted by atomic mass is 10.3. The van der Waals surface area contributed by atoms with Crippen LogP contribution >= 0.6 is 22.7 Å². The number of nitrogens with one attached hydrogen (secondary N) is 1. The molecule has 3 rings (SSSR count). The molecular formula is C16H14FN3O2S2. The molecule has 0 radical (unpaired) electrons. The van der Waals surface area contributed by atoms with E-state index in [1.165, 1.54) is 34.8 Å². The highest BCUT2D eigenvalue weighted by Gasteiger charge is 2.14. The number of aromatic nitrogens is 2. The minimum atomic E-state index is -0.316. The van der Waals surface area contributed by atoms with Crippen molar-refractivity contribution in [3.8, 4) is 5.75 Å². The SMILES string of the molecule is Cc1nc(NC(=O)c2csc(COc3ccc(F)cc3)n2)sc1C. The molecular weight excluding hydrogens is 349 g/mol. The molecule has 0 atom stereocenters. The maximum Gasteiger partial charge on any atom is 0.276 e. The second kappa shape index (κ2) is 7.06. The van der Waals surface area contributed by atoms with E-state index in [2.05, 4.69) is 15.3 Å². The summed E-state index contributed by atoms with van der Waals surface area (Å²) in [5.41, 5.74) is 1.23. The Morgan fingerprint density at radius 3 is 2.67 bits per heavy atom. The van der Waals surface area contributed by atoms with Crippen molar-refractivity contribution in [3.63, 3.8) is 0 Å². The fourth-order valence-electron chi connectivity index (χ4n) is 1.84. The third-order valence-corrected chi connectivity index (χ3v) is 5.02. The summed E-state index contributed by atoms with van der Waals surface area (Å²) in [6, 6.07) is 5.75. The van der Waals surface area contributed by atoms with Crippen LogP contribution in [-0.4, -0.2) is 15.9 Å². The number of aryl methyl sites for hydroxylation is 2. The summed E-state index contributed by atoms with van der Waals surface area (Å²) >= 11 is 2.76. The Morgan fingerprint density at radius 2 is 2.00 bits per heavy atom. The molecule has 0 aliphatic heterocycles. The van der Waals surface area contributed by atoms with Crippen LogP contribution < -0.4 is 10.1 Å². The molecule has 1 N–H and O–H groups in total. The first-order valence-electron chi connectivity index (χ1n) is 7.09. The van der Waals surface area contributed by atoms with Crippen molar-refractivity contribution in [1.29, 1.82) is 0 Å². The number of amides is 1. The van der Waals surface area contributed by atoms with Gasteiger partial charge in [-0.15, -0.1) is 22.7 Å². The van der Waals surface area contributed by atoms with E-state index in [1.54, 1.807) is 17.5 Å². The zero-order valence-corrected chi connectivity index (χ0v) is 14.6. The first-order chi connectivity index (χ1) is 11.5. The summed E-state index contributed by atoms with van der Waals surface area (Å²) in [7, 11) is 0. The van der Waals surface area contributed by atoms with E-state index in [-0.39, 0.29) is 18.3 Å². The molecule has 124 valence electrons. The maximum absolute atomic E-state index is 12.8. The Balaban J connectivity index is 1.60. The summed E-state index contributed by atoms with van der Waals surface area (Å²) in [4.78, 5) is 21.8. The van der Waals surface area contributed by atoms with E-state index in [1.807, 2.05) is 13.8 Å². The number of ether oxygens (including phenoxy) is 1. The Hall–Kier alpha value is -2.32. The highest BCUT2D eigenvalue weighted by atomic mass is 32.1. The van der Waals surface area contributed by atoms with Gasteiger partial charge in [-0.05, 0) is 38.1 Å². The second-order valence-corrected chi connectivity index (χ2v) is 7.13. The first kappa shape index (κ1) is 16.5. The summed E-state index contributed by atoms with van der Waals surface area (Å²) in [6.45, 7) is 4.07. The number of anilines is 1. The number of carbonyl (C=O) groups is 1. The lowest BCUT2D eigenvalue weighted by molar-refractivity contribution is 0.102. The summed E-state index contributed by atoms with van der Waals surface area (Å²) in [5, 5.41) is 5.64. The number of hydrogen-bond acceptors (Lipinski definition) is 6. The van der Waals surface area contributed by atoms with Crippen molar-refractivity contribution in [3.05, 3.63) is 56.7 Å². The average Bonchev–Trinajstić information content (AvgIpc) is 3.14. The fraction of sp³-hybridized carbons (Fsp3) is 0.188. The topological polar surface area (TPSA) is 64.1 Å². The van der Waals surface area contributed by atoms with Gasteiger partial charge in [-0.1, -0.05) is 0 Å². The van der Waals surface area contributed by atoms with Gasteiger partial charge in [-0.3, -0.25) is 10.1 Å². The lowest BCUT2D eigenvalue weighted by Crippen LogP contribution is -2.12. The van der Waals surface area contributed by atoms with Crippen molar-refractivity contribution < 1.29 is 13.9 Å². The monoisotopic (exact) mass is 363 g/mol. The molecule has 24 heavy (non-hydrogen) atoms. The van der Waals surface area contributed by atoms with E-state index < -0.39 is 0 Å². The molecule has 1 aromatic carbocycles. The number of thiazole rings is 2. The van der Waals surface area contributed by atoms with Gasteiger partial charge in [0.2, 0.25) is 0 Å². The third kappa shape index (κ3) is 3.95. The number of nitrogens with zero attached hydrogens (tertiary/aromatic N) is 2. The number of benzene rings is 1. The van der Waals surface area contributed by atoms with E-state index in [9.17, 15) is 9.18 Å². The molecule has 1 amide bonds. The van der Waals surface area contributed by atoms with Crippen LogP contribution in [0.2, 0.25) is 0 Å². The molecule has 0 saturated heterocycles. The number of hydrogen-bond donors (Lipinski definition) is 1. The van der Waals surface area contributed by atoms with Crippen LogP contribution in [-0.2, 0) is 6.61 Å². The Morgan fingerprint density at radius 1 is 1.25 bits per heavy atom. The molecule has 8 heteroatoms. The Kier molecular flexibility index (Phi) is 4.86. The van der Waals surface area contributed by atoms with Crippen molar-refractivity contribution in [2.75, 3.05) is 5.32 Å². The quantitative estimate of drug-likeness (QED) is 0.738. The first-order valence-corrected chi connectivity index (χ1v) is 8.79. The van der Waals surface area contributed by atoms with Gasteiger partial charge in [0.25, 0.3) is 5.91 Å². The van der Waals surface area contributed by atoms with Gasteiger partial charge in [0.15, 0.2) is 5.13 Å². The molecule has 0 aliphatic rings. The zero-order valence-electron chi connectivity index (χ0n) is 13.0. The van der Waals surface area contributed by atoms with E-state index in [0.717, 1.165) is 10.6 Å². The fourth-order valence-corrected chi connectivity index (χ4v) is 3.34. The molecule has 2 heterocycles. The summed E-state index contributed by atoms with van der Waals surface area (Å²) in [6.07, 6.45) is 0. The van der Waals surface area contributed by atoms with E-state index in [0.29, 0.717) is 21.6 Å². The molecule has 0 spiro atoms. The normalized spacial score (nSPS) is 10.6. The van der Waals surface area contributed by atoms with E-state index in [4.69, 9.17) is 4.74 Å². The van der Waals surface area contributed by atoms with Crippen LogP contribution in [0.5, 0.6) is 5.75 Å². The van der Waals surface area contributed by atoms with E-state index >= 15 is 0 Å². The standard InChI is InChI=1S/C16H14FN3O2S2/c1-9-10(2)24-16(18-9)20-15(21)13-8-23-14(19-13)7-22-12-5-3-11(17)4-6-12/h3-6,8H,7H2,1-2H3,(H,18,20,21). The molecule has 0 fully saturated rings. The molecule has 0 bridgehead atoms. The predicted molar refractivity (Wildman–Crippen MR) is 92.4 cm³/mol. The van der Waals surface area contributed by atoms with Crippen molar-refractivity contribution >= 4 is 33.7 Å². The van der Waals surface area contributed by atoms with Gasteiger partial charge < -0.3 is 4.74 Å². The van der Waals surface area contributed by atoms with Crippen LogP contribution in [0.3, 0.4) is 0 Å². The largest absolute Gasteiger partial charge is 0.486 e. The van der Waals surface area contributed by atoms with Gasteiger partial charge in [0.05, 0.1) is 5.69 Å². The number of carbonyl (C=O) groups excluding carboxylic acids is 1. The average molecular weight is 363 g/mol.